The van der Waals surface area contributed by atoms with Crippen molar-refractivity contribution >= 4 is 0 Å². The second-order valence-corrected chi connectivity index (χ2v) is 19.9. The van der Waals surface area contributed by atoms with Crippen LogP contribution in [-0.4, -0.2) is 100 Å². The van der Waals surface area contributed by atoms with Gasteiger partial charge in [-0.05, 0) is 173 Å². The molecule has 0 spiro atoms. The number of nitrogens with zero attached hydrogens (tertiary/aromatic N) is 3. The molecule has 6 nitrogen and oxygen atoms in total. The molecule has 6 atom stereocenters. The summed E-state index contributed by atoms with van der Waals surface area (Å²) < 4.78 is 0. The molecule has 0 aromatic heterocycles. The Morgan fingerprint density at radius 2 is 0.889 bits per heavy atom. The highest BCUT2D eigenvalue weighted by atomic mass is 16.3. The van der Waals surface area contributed by atoms with Gasteiger partial charge in [0.25, 0.3) is 0 Å². The van der Waals surface area contributed by atoms with Gasteiger partial charge < -0.3 is 30.0 Å². The second-order valence-electron chi connectivity index (χ2n) is 19.9. The minimum absolute atomic E-state index is 0.293. The zero-order chi connectivity index (χ0) is 37.4. The lowest BCUT2D eigenvalue weighted by Crippen LogP contribution is -2.46. The van der Waals surface area contributed by atoms with Crippen LogP contribution >= 0.6 is 0 Å². The van der Waals surface area contributed by atoms with Gasteiger partial charge in [0.2, 0.25) is 0 Å². The third-order valence-corrected chi connectivity index (χ3v) is 16.4. The fourth-order valence-corrected chi connectivity index (χ4v) is 13.2. The number of rotatable bonds is 9. The number of hydrogen-bond acceptors (Lipinski definition) is 6. The molecule has 9 rings (SSSR count). The predicted molar refractivity (Wildman–Crippen MR) is 223 cm³/mol. The molecule has 6 unspecified atom stereocenters. The molecule has 3 aliphatic heterocycles. The topological polar surface area (TPSA) is 70.4 Å². The van der Waals surface area contributed by atoms with Gasteiger partial charge in [0.15, 0.2) is 0 Å². The number of aryl methyl sites for hydroxylation is 1. The van der Waals surface area contributed by atoms with Gasteiger partial charge in [-0.1, -0.05) is 74.8 Å². The third kappa shape index (κ3) is 9.80. The Labute approximate surface area is 330 Å². The highest BCUT2D eigenvalue weighted by Gasteiger charge is 2.49. The molecule has 3 N–H and O–H groups in total. The maximum Gasteiger partial charge on any atom is 0.0936 e. The van der Waals surface area contributed by atoms with Crippen molar-refractivity contribution in [2.75, 3.05) is 58.9 Å². The normalized spacial score (nSPS) is 37.1. The van der Waals surface area contributed by atoms with E-state index in [-0.39, 0.29) is 11.2 Å². The fraction of sp³-hybridized carbons (Fsp3) is 0.875. The van der Waals surface area contributed by atoms with Crippen LogP contribution in [-0.2, 0) is 5.60 Å². The SMILES string of the molecule is Cc1cccc(C2(O)CCCC2CN2CCCC2)c1.OC1(C2CCCC2)CCCC1CN1CCCC1.OC1(C2CCCCC2)CCCC1CN1CCCC1. The summed E-state index contributed by atoms with van der Waals surface area (Å²) in [7, 11) is 0. The Balaban J connectivity index is 0.000000125. The predicted octanol–water partition coefficient (Wildman–Crippen LogP) is 9.08. The first kappa shape index (κ1) is 41.2. The first-order chi connectivity index (χ1) is 26.3. The van der Waals surface area contributed by atoms with Gasteiger partial charge in [-0.3, -0.25) is 0 Å². The largest absolute Gasteiger partial charge is 0.389 e. The van der Waals surface area contributed by atoms with Crippen LogP contribution in [0.3, 0.4) is 0 Å². The standard InChI is InChI=1S/C17H25NO.C16H29NO.C15H27NO/c1-14-6-4-7-15(12-14)17(19)9-5-8-16(17)13-18-10-2-3-11-18;18-16(14-7-2-1-3-8-14)10-6-9-15(16)13-17-11-4-5-12-17;17-15(13-6-1-2-7-13)9-5-8-14(15)12-16-10-3-4-11-16/h4,6-7,12,16,19H,2-3,5,8-11,13H2,1H3;14-15,18H,1-13H2;13-14,17H,1-12H2. The summed E-state index contributed by atoms with van der Waals surface area (Å²) in [6.07, 6.45) is 30.5. The summed E-state index contributed by atoms with van der Waals surface area (Å²) in [5.41, 5.74) is 1.20. The van der Waals surface area contributed by atoms with Crippen molar-refractivity contribution in [3.63, 3.8) is 0 Å². The van der Waals surface area contributed by atoms with Gasteiger partial charge in [0.1, 0.15) is 0 Å². The fourth-order valence-electron chi connectivity index (χ4n) is 13.2. The summed E-state index contributed by atoms with van der Waals surface area (Å²) in [5, 5.41) is 33.5. The van der Waals surface area contributed by atoms with E-state index in [1.54, 1.807) is 0 Å². The molecule has 5 saturated carbocycles. The summed E-state index contributed by atoms with van der Waals surface area (Å²) in [6.45, 7) is 13.1. The van der Waals surface area contributed by atoms with Crippen molar-refractivity contribution in [2.45, 2.75) is 178 Å². The van der Waals surface area contributed by atoms with E-state index >= 15 is 0 Å². The van der Waals surface area contributed by atoms with Crippen LogP contribution in [0.5, 0.6) is 0 Å². The van der Waals surface area contributed by atoms with E-state index in [2.05, 4.69) is 45.9 Å². The molecule has 5 aliphatic carbocycles. The van der Waals surface area contributed by atoms with Crippen LogP contribution in [0, 0.1) is 36.5 Å². The number of aliphatic hydroxyl groups is 3. The zero-order valence-electron chi connectivity index (χ0n) is 34.7. The monoisotopic (exact) mass is 748 g/mol. The molecule has 54 heavy (non-hydrogen) atoms. The Hall–Kier alpha value is -1.02. The molecule has 1 aromatic carbocycles. The Morgan fingerprint density at radius 3 is 1.35 bits per heavy atom. The lowest BCUT2D eigenvalue weighted by atomic mass is 9.72. The van der Waals surface area contributed by atoms with E-state index in [1.807, 2.05) is 0 Å². The van der Waals surface area contributed by atoms with Crippen LogP contribution in [0.2, 0.25) is 0 Å². The van der Waals surface area contributed by atoms with E-state index in [0.29, 0.717) is 29.6 Å². The number of hydrogen-bond donors (Lipinski definition) is 3. The molecule has 8 fully saturated rings. The third-order valence-electron chi connectivity index (χ3n) is 16.4. The van der Waals surface area contributed by atoms with Crippen molar-refractivity contribution in [1.82, 2.24) is 14.7 Å². The van der Waals surface area contributed by atoms with E-state index < -0.39 is 5.60 Å². The summed E-state index contributed by atoms with van der Waals surface area (Å²) >= 11 is 0. The van der Waals surface area contributed by atoms with Crippen molar-refractivity contribution in [1.29, 1.82) is 0 Å². The van der Waals surface area contributed by atoms with E-state index in [1.165, 1.54) is 186 Å². The van der Waals surface area contributed by atoms with Crippen LogP contribution in [0.15, 0.2) is 24.3 Å². The van der Waals surface area contributed by atoms with E-state index in [4.69, 9.17) is 0 Å². The maximum atomic E-state index is 11.2. The highest BCUT2D eigenvalue weighted by molar-refractivity contribution is 5.29. The van der Waals surface area contributed by atoms with Gasteiger partial charge in [0.05, 0.1) is 16.8 Å². The Morgan fingerprint density at radius 1 is 0.481 bits per heavy atom. The summed E-state index contributed by atoms with van der Waals surface area (Å²) in [4.78, 5) is 7.73. The van der Waals surface area contributed by atoms with Crippen molar-refractivity contribution in [3.8, 4) is 0 Å². The van der Waals surface area contributed by atoms with Gasteiger partial charge in [-0.25, -0.2) is 0 Å². The molecule has 8 aliphatic rings. The van der Waals surface area contributed by atoms with Gasteiger partial charge >= 0.3 is 0 Å². The molecular formula is C48H81N3O3. The second kappa shape index (κ2) is 19.2. The molecule has 3 saturated heterocycles. The molecule has 306 valence electrons. The first-order valence-corrected chi connectivity index (χ1v) is 23.7. The average molecular weight is 748 g/mol. The summed E-state index contributed by atoms with van der Waals surface area (Å²) in [6, 6.07) is 8.46. The molecule has 0 amide bonds. The molecule has 0 radical (unpaired) electrons. The molecule has 3 heterocycles. The molecular weight excluding hydrogens is 667 g/mol. The minimum atomic E-state index is -0.589. The van der Waals surface area contributed by atoms with Crippen LogP contribution < -0.4 is 0 Å². The van der Waals surface area contributed by atoms with Crippen molar-refractivity contribution < 1.29 is 15.3 Å². The van der Waals surface area contributed by atoms with Gasteiger partial charge in [-0.2, -0.15) is 0 Å². The minimum Gasteiger partial charge on any atom is -0.389 e. The quantitative estimate of drug-likeness (QED) is 0.234. The van der Waals surface area contributed by atoms with E-state index in [9.17, 15) is 15.3 Å². The maximum absolute atomic E-state index is 11.2. The molecule has 1 aromatic rings. The van der Waals surface area contributed by atoms with Crippen molar-refractivity contribution in [2.24, 2.45) is 29.6 Å². The van der Waals surface area contributed by atoms with Crippen LogP contribution in [0.1, 0.15) is 165 Å². The lowest BCUT2D eigenvalue weighted by Gasteiger charge is -2.41. The Kier molecular flexibility index (Phi) is 14.6. The van der Waals surface area contributed by atoms with Gasteiger partial charge in [-0.15, -0.1) is 0 Å². The smallest absolute Gasteiger partial charge is 0.0936 e. The Bertz CT molecular complexity index is 1260. The lowest BCUT2D eigenvalue weighted by molar-refractivity contribution is -0.0706. The number of benzene rings is 1. The van der Waals surface area contributed by atoms with Gasteiger partial charge in [0, 0.05) is 37.4 Å². The zero-order valence-corrected chi connectivity index (χ0v) is 34.7. The average Bonchev–Trinajstić information content (AvgIpc) is 4.04. The highest BCUT2D eigenvalue weighted by Crippen LogP contribution is 2.49. The van der Waals surface area contributed by atoms with Crippen LogP contribution in [0.25, 0.3) is 0 Å². The molecule has 0 bridgehead atoms. The van der Waals surface area contributed by atoms with Crippen LogP contribution in [0.4, 0.5) is 0 Å². The number of likely N-dealkylation sites (tertiary alicyclic amines) is 3. The molecule has 6 heteroatoms. The van der Waals surface area contributed by atoms with Crippen molar-refractivity contribution in [3.05, 3.63) is 35.4 Å². The first-order valence-electron chi connectivity index (χ1n) is 23.7. The van der Waals surface area contributed by atoms with E-state index in [0.717, 1.165) is 37.8 Å². The summed E-state index contributed by atoms with van der Waals surface area (Å²) in [5.74, 6) is 2.79.